The normalized spacial score (nSPS) is 18.2. The third kappa shape index (κ3) is 3.85. The van der Waals surface area contributed by atoms with Gasteiger partial charge in [-0.05, 0) is 56.0 Å². The monoisotopic (exact) mass is 475 g/mol. The van der Waals surface area contributed by atoms with E-state index in [1.807, 2.05) is 23.2 Å². The van der Waals surface area contributed by atoms with E-state index in [-0.39, 0.29) is 28.3 Å². The maximum Gasteiger partial charge on any atom is 0.279 e. The molecule has 1 atom stereocenters. The Labute approximate surface area is 199 Å². The van der Waals surface area contributed by atoms with Crippen LogP contribution in [0.1, 0.15) is 48.5 Å². The lowest BCUT2D eigenvalue weighted by Gasteiger charge is -2.22. The van der Waals surface area contributed by atoms with Gasteiger partial charge in [-0.2, -0.15) is 5.10 Å². The van der Waals surface area contributed by atoms with Crippen LogP contribution >= 0.6 is 0 Å². The maximum absolute atomic E-state index is 14.9. The molecule has 1 saturated carbocycles. The van der Waals surface area contributed by atoms with Crippen LogP contribution in [0, 0.1) is 18.6 Å². The molecule has 0 spiro atoms. The van der Waals surface area contributed by atoms with E-state index in [0.29, 0.717) is 36.2 Å². The molecule has 0 N–H and O–H groups in total. The van der Waals surface area contributed by atoms with E-state index in [0.717, 1.165) is 30.0 Å². The predicted molar refractivity (Wildman–Crippen MR) is 127 cm³/mol. The van der Waals surface area contributed by atoms with Crippen LogP contribution in [0.5, 0.6) is 0 Å². The lowest BCUT2D eigenvalue weighted by Crippen LogP contribution is -2.22. The Morgan fingerprint density at radius 3 is 2.69 bits per heavy atom. The van der Waals surface area contributed by atoms with Gasteiger partial charge in [0, 0.05) is 36.0 Å². The Kier molecular flexibility index (Phi) is 5.10. The molecule has 0 saturated heterocycles. The van der Waals surface area contributed by atoms with E-state index < -0.39 is 11.6 Å². The summed E-state index contributed by atoms with van der Waals surface area (Å²) in [5.74, 6) is -0.930. The second kappa shape index (κ2) is 8.20. The van der Waals surface area contributed by atoms with Gasteiger partial charge in [-0.3, -0.25) is 14.0 Å². The number of halogens is 2. The summed E-state index contributed by atoms with van der Waals surface area (Å²) in [5.41, 5.74) is 3.04. The zero-order valence-electron chi connectivity index (χ0n) is 19.3. The van der Waals surface area contributed by atoms with Crippen molar-refractivity contribution in [3.05, 3.63) is 81.8 Å². The average Bonchev–Trinajstić information content (AvgIpc) is 3.59. The van der Waals surface area contributed by atoms with Crippen LogP contribution in [-0.4, -0.2) is 30.9 Å². The molecule has 1 aromatic carbocycles. The summed E-state index contributed by atoms with van der Waals surface area (Å²) in [6, 6.07) is 5.59. The Balaban J connectivity index is 1.52. The minimum Gasteiger partial charge on any atom is -0.369 e. The van der Waals surface area contributed by atoms with Crippen LogP contribution in [0.4, 0.5) is 8.78 Å². The van der Waals surface area contributed by atoms with Crippen molar-refractivity contribution in [1.29, 1.82) is 0 Å². The Morgan fingerprint density at radius 1 is 1.09 bits per heavy atom. The molecule has 1 fully saturated rings. The molecule has 178 valence electrons. The van der Waals surface area contributed by atoms with Gasteiger partial charge in [-0.15, -0.1) is 0 Å². The molecule has 2 aliphatic rings. The molecule has 0 bridgehead atoms. The largest absolute Gasteiger partial charge is 0.369 e. The van der Waals surface area contributed by atoms with Gasteiger partial charge in [0.05, 0.1) is 24.5 Å². The smallest absolute Gasteiger partial charge is 0.279 e. The van der Waals surface area contributed by atoms with Crippen molar-refractivity contribution >= 4 is 16.6 Å². The Hall–Kier alpha value is -3.72. The molecule has 9 heteroatoms. The van der Waals surface area contributed by atoms with E-state index in [4.69, 9.17) is 4.74 Å². The molecule has 0 unspecified atom stereocenters. The number of fused-ring (bicyclic) bond motifs is 1. The molecular formula is C26H23F2N5O2. The third-order valence-corrected chi connectivity index (χ3v) is 6.70. The van der Waals surface area contributed by atoms with Crippen molar-refractivity contribution in [2.75, 3.05) is 6.61 Å². The Morgan fingerprint density at radius 2 is 1.91 bits per heavy atom. The summed E-state index contributed by atoms with van der Waals surface area (Å²) < 4.78 is 37.9. The minimum atomic E-state index is -0.727. The fraction of sp³-hybridized carbons (Fsp3) is 0.308. The predicted octanol–water partition coefficient (Wildman–Crippen LogP) is 4.66. The summed E-state index contributed by atoms with van der Waals surface area (Å²) in [7, 11) is 1.62. The van der Waals surface area contributed by atoms with Crippen LogP contribution in [0.2, 0.25) is 0 Å². The van der Waals surface area contributed by atoms with E-state index in [1.165, 1.54) is 16.7 Å². The molecule has 35 heavy (non-hydrogen) atoms. The summed E-state index contributed by atoms with van der Waals surface area (Å²) >= 11 is 0. The van der Waals surface area contributed by atoms with Crippen molar-refractivity contribution in [2.45, 2.75) is 38.3 Å². The Bertz CT molecular complexity index is 1570. The maximum atomic E-state index is 14.9. The van der Waals surface area contributed by atoms with Crippen molar-refractivity contribution in [1.82, 2.24) is 24.3 Å². The second-order valence-electron chi connectivity index (χ2n) is 9.12. The molecule has 3 aromatic heterocycles. The van der Waals surface area contributed by atoms with Crippen LogP contribution < -0.4 is 5.56 Å². The first-order valence-corrected chi connectivity index (χ1v) is 11.6. The highest BCUT2D eigenvalue weighted by Crippen LogP contribution is 2.37. The molecule has 0 amide bonds. The number of nitrogens with zero attached hydrogens (tertiary/aromatic N) is 5. The number of hydrogen-bond acceptors (Lipinski definition) is 5. The first-order chi connectivity index (χ1) is 16.9. The first-order valence-electron chi connectivity index (χ1n) is 11.6. The number of hydrogen-bond donors (Lipinski definition) is 0. The summed E-state index contributed by atoms with van der Waals surface area (Å²) in [4.78, 5) is 22.3. The van der Waals surface area contributed by atoms with Gasteiger partial charge in [0.2, 0.25) is 0 Å². The van der Waals surface area contributed by atoms with Gasteiger partial charge in [-0.1, -0.05) is 0 Å². The number of aromatic nitrogens is 5. The van der Waals surface area contributed by atoms with Crippen LogP contribution in [0.3, 0.4) is 0 Å². The van der Waals surface area contributed by atoms with Crippen molar-refractivity contribution in [3.8, 4) is 11.1 Å². The quantitative estimate of drug-likeness (QED) is 0.429. The topological polar surface area (TPSA) is 74.8 Å². The minimum absolute atomic E-state index is 0.139. The van der Waals surface area contributed by atoms with Gasteiger partial charge in [0.25, 0.3) is 5.56 Å². The molecule has 1 aliphatic heterocycles. The summed E-state index contributed by atoms with van der Waals surface area (Å²) in [6.45, 7) is 2.17. The van der Waals surface area contributed by atoms with Crippen LogP contribution in [0.15, 0.2) is 47.5 Å². The van der Waals surface area contributed by atoms with Gasteiger partial charge in [0.15, 0.2) is 5.52 Å². The third-order valence-electron chi connectivity index (χ3n) is 6.70. The molecule has 7 nitrogen and oxygen atoms in total. The van der Waals surface area contributed by atoms with E-state index in [9.17, 15) is 13.6 Å². The second-order valence-corrected chi connectivity index (χ2v) is 9.12. The van der Waals surface area contributed by atoms with Crippen LogP contribution in [0.25, 0.3) is 27.7 Å². The fourth-order valence-electron chi connectivity index (χ4n) is 4.48. The molecule has 6 rings (SSSR count). The lowest BCUT2D eigenvalue weighted by atomic mass is 9.97. The fourth-order valence-corrected chi connectivity index (χ4v) is 4.48. The standard InChI is InChI=1S/C26H23F2N5O2/c1-14-30-24-20(19-6-3-17(27)10-21(19)28)11-22(31-25(24)26(34)32(14)2)15-7-8-35-23(9-15)16-12-29-33(13-16)18-4-5-18/h3,6,9-13,18,23H,4-5,7-8H2,1-2H3/t23-/m1/s1. The SMILES string of the molecule is Cc1nc2c(-c3ccc(F)cc3F)cc(C3=C[C@H](c4cnn(C5CC5)c4)OCC3)nc2c(=O)n1C. The van der Waals surface area contributed by atoms with Gasteiger partial charge in [0.1, 0.15) is 29.1 Å². The number of pyridine rings is 1. The molecule has 4 heterocycles. The summed E-state index contributed by atoms with van der Waals surface area (Å²) in [6.07, 6.45) is 8.36. The van der Waals surface area contributed by atoms with E-state index in [1.54, 1.807) is 20.0 Å². The van der Waals surface area contributed by atoms with Gasteiger partial charge < -0.3 is 4.74 Å². The first kappa shape index (κ1) is 21.8. The van der Waals surface area contributed by atoms with Crippen LogP contribution in [-0.2, 0) is 11.8 Å². The van der Waals surface area contributed by atoms with Crippen molar-refractivity contribution in [3.63, 3.8) is 0 Å². The number of benzene rings is 1. The molecular weight excluding hydrogens is 452 g/mol. The highest BCUT2D eigenvalue weighted by atomic mass is 19.1. The number of aryl methyl sites for hydroxylation is 1. The summed E-state index contributed by atoms with van der Waals surface area (Å²) in [5, 5.41) is 4.46. The highest BCUT2D eigenvalue weighted by molar-refractivity contribution is 5.93. The number of rotatable bonds is 4. The van der Waals surface area contributed by atoms with Gasteiger partial charge in [-0.25, -0.2) is 18.7 Å². The molecule has 0 radical (unpaired) electrons. The van der Waals surface area contributed by atoms with E-state index in [2.05, 4.69) is 15.1 Å². The molecule has 1 aliphatic carbocycles. The zero-order chi connectivity index (χ0) is 24.3. The lowest BCUT2D eigenvalue weighted by molar-refractivity contribution is 0.0826. The van der Waals surface area contributed by atoms with Crippen molar-refractivity contribution in [2.24, 2.45) is 7.05 Å². The molecule has 4 aromatic rings. The van der Waals surface area contributed by atoms with Crippen molar-refractivity contribution < 1.29 is 13.5 Å². The van der Waals surface area contributed by atoms with E-state index >= 15 is 0 Å². The number of ether oxygens (including phenoxy) is 1. The highest BCUT2D eigenvalue weighted by Gasteiger charge is 2.27. The van der Waals surface area contributed by atoms with Gasteiger partial charge >= 0.3 is 0 Å². The average molecular weight is 475 g/mol. The zero-order valence-corrected chi connectivity index (χ0v) is 19.3.